The summed E-state index contributed by atoms with van der Waals surface area (Å²) in [5.41, 5.74) is 0. The van der Waals surface area contributed by atoms with E-state index < -0.39 is 90.3 Å². The van der Waals surface area contributed by atoms with E-state index in [0.717, 1.165) is 0 Å². The van der Waals surface area contributed by atoms with Crippen LogP contribution in [0.1, 0.15) is 1.43 Å². The van der Waals surface area contributed by atoms with Crippen LogP contribution in [0.2, 0.25) is 0 Å². The first-order chi connectivity index (χ1) is 14.2. The predicted molar refractivity (Wildman–Crippen MR) is 91.6 cm³/mol. The van der Waals surface area contributed by atoms with Gasteiger partial charge in [-0.3, -0.25) is 4.52 Å². The number of phosphoric ester groups is 1. The van der Waals surface area contributed by atoms with Gasteiger partial charge in [0.1, 0.15) is 49.3 Å². The molecule has 10 atom stereocenters. The van der Waals surface area contributed by atoms with Crippen LogP contribution in [0.4, 0.5) is 0 Å². The Hall–Kier alpha value is 0.860. The van der Waals surface area contributed by atoms with Crippen molar-refractivity contribution in [2.75, 3.05) is 19.8 Å². The van der Waals surface area contributed by atoms with Crippen LogP contribution in [0.15, 0.2) is 0 Å². The molecule has 32 heavy (non-hydrogen) atoms. The largest absolute Gasteiger partial charge is 1.00 e. The van der Waals surface area contributed by atoms with Crippen LogP contribution in [0, 0.1) is 0 Å². The van der Waals surface area contributed by atoms with Gasteiger partial charge in [-0.25, -0.2) is 9.13 Å². The summed E-state index contributed by atoms with van der Waals surface area (Å²) in [6.07, 6.45) is -14.9. The molecule has 10 N–H and O–H groups in total. The van der Waals surface area contributed by atoms with Crippen molar-refractivity contribution in [3.63, 3.8) is 0 Å². The minimum Gasteiger partial charge on any atom is -1.00 e. The van der Waals surface area contributed by atoms with Gasteiger partial charge < -0.3 is 66.1 Å². The maximum atomic E-state index is 11.5. The number of ether oxygens (including phenoxy) is 3. The SMILES string of the molecule is O=P(O)(O)OP(=O)(O)OC[C@H]1O[C@H](O[C@]2(CO)O[C@H](CO)[C@@H](O)[C@@H]2O)[C@H](O)[C@@H](O)[C@@H]1O.[H-].[Na+]. The first kappa shape index (κ1) is 30.9. The van der Waals surface area contributed by atoms with Crippen molar-refractivity contribution >= 4 is 15.6 Å². The second kappa shape index (κ2) is 11.7. The molecule has 2 rings (SSSR count). The molecule has 2 aliphatic heterocycles. The minimum atomic E-state index is -5.43. The van der Waals surface area contributed by atoms with Gasteiger partial charge in [0.25, 0.3) is 0 Å². The number of rotatable bonds is 9. The Balaban J connectivity index is 0.00000512. The molecule has 20 heteroatoms. The van der Waals surface area contributed by atoms with Crippen LogP contribution >= 0.6 is 15.6 Å². The smallest absolute Gasteiger partial charge is 1.00 e. The maximum Gasteiger partial charge on any atom is 1.00 e. The quantitative estimate of drug-likeness (QED) is 0.0986. The van der Waals surface area contributed by atoms with Gasteiger partial charge in [0, 0.05) is 0 Å². The van der Waals surface area contributed by atoms with Gasteiger partial charge >= 0.3 is 45.2 Å². The molecule has 2 saturated heterocycles. The third kappa shape index (κ3) is 7.19. The first-order valence-corrected chi connectivity index (χ1v) is 11.6. The molecule has 0 aromatic heterocycles. The normalized spacial score (nSPS) is 42.3. The molecule has 0 spiro atoms. The van der Waals surface area contributed by atoms with Crippen molar-refractivity contribution in [2.45, 2.75) is 54.8 Å². The zero-order valence-corrected chi connectivity index (χ0v) is 20.3. The fourth-order valence-corrected chi connectivity index (χ4v) is 4.54. The third-order valence-corrected chi connectivity index (χ3v) is 6.65. The summed E-state index contributed by atoms with van der Waals surface area (Å²) >= 11 is 0. The van der Waals surface area contributed by atoms with Crippen LogP contribution in [-0.2, 0) is 32.2 Å². The van der Waals surface area contributed by atoms with E-state index in [9.17, 15) is 44.7 Å². The molecular formula is C12H25NaO17P2. The van der Waals surface area contributed by atoms with Gasteiger partial charge in [0.2, 0.25) is 5.79 Å². The molecule has 0 aromatic carbocycles. The Labute approximate surface area is 203 Å². The number of phosphoric acid groups is 2. The second-order valence-corrected chi connectivity index (χ2v) is 9.54. The van der Waals surface area contributed by atoms with Gasteiger partial charge in [0.15, 0.2) is 6.29 Å². The number of hydrogen-bond donors (Lipinski definition) is 10. The zero-order valence-electron chi connectivity index (χ0n) is 17.5. The van der Waals surface area contributed by atoms with Crippen molar-refractivity contribution in [3.05, 3.63) is 0 Å². The average molecular weight is 526 g/mol. The van der Waals surface area contributed by atoms with Crippen molar-refractivity contribution in [1.29, 1.82) is 0 Å². The zero-order chi connectivity index (χ0) is 23.8. The Morgan fingerprint density at radius 2 is 1.50 bits per heavy atom. The number of aliphatic hydroxyl groups excluding tert-OH is 7. The van der Waals surface area contributed by atoms with Crippen LogP contribution in [-0.4, -0.2) is 125 Å². The molecule has 0 saturated carbocycles. The topological polar surface area (TPSA) is 283 Å². The van der Waals surface area contributed by atoms with E-state index in [1.807, 2.05) is 0 Å². The van der Waals surface area contributed by atoms with E-state index in [0.29, 0.717) is 0 Å². The molecule has 2 aliphatic rings. The molecule has 0 aromatic rings. The number of hydrogen-bond acceptors (Lipinski definition) is 14. The molecule has 0 amide bonds. The fourth-order valence-electron chi connectivity index (χ4n) is 2.94. The minimum absolute atomic E-state index is 0. The molecule has 17 nitrogen and oxygen atoms in total. The Morgan fingerprint density at radius 3 is 1.97 bits per heavy atom. The summed E-state index contributed by atoms with van der Waals surface area (Å²) < 4.78 is 45.5. The summed E-state index contributed by atoms with van der Waals surface area (Å²) in [4.78, 5) is 26.4. The van der Waals surface area contributed by atoms with Gasteiger partial charge in [-0.2, -0.15) is 4.31 Å². The summed E-state index contributed by atoms with van der Waals surface area (Å²) in [6.45, 7) is -3.04. The summed E-state index contributed by atoms with van der Waals surface area (Å²) in [5.74, 6) is -2.44. The van der Waals surface area contributed by atoms with E-state index in [1.54, 1.807) is 0 Å². The second-order valence-electron chi connectivity index (χ2n) is 6.71. The average Bonchev–Trinajstić information content (AvgIpc) is 2.90. The van der Waals surface area contributed by atoms with E-state index in [4.69, 9.17) is 29.1 Å². The Bertz CT molecular complexity index is 713. The van der Waals surface area contributed by atoms with E-state index in [-0.39, 0.29) is 31.0 Å². The first-order valence-electron chi connectivity index (χ1n) is 8.53. The molecular weight excluding hydrogens is 501 g/mol. The van der Waals surface area contributed by atoms with E-state index in [1.165, 1.54) is 0 Å². The molecule has 1 unspecified atom stereocenters. The van der Waals surface area contributed by atoms with E-state index >= 15 is 0 Å². The molecule has 2 heterocycles. The fraction of sp³-hybridized carbons (Fsp3) is 1.00. The summed E-state index contributed by atoms with van der Waals surface area (Å²) in [6, 6.07) is 0. The van der Waals surface area contributed by atoms with Crippen molar-refractivity contribution in [3.8, 4) is 0 Å². The van der Waals surface area contributed by atoms with Crippen LogP contribution in [0.25, 0.3) is 0 Å². The monoisotopic (exact) mass is 526 g/mol. The molecule has 0 radical (unpaired) electrons. The van der Waals surface area contributed by atoms with Gasteiger partial charge in [0.05, 0.1) is 13.2 Å². The summed E-state index contributed by atoms with van der Waals surface area (Å²) in [7, 11) is -10.8. The van der Waals surface area contributed by atoms with Crippen LogP contribution in [0.5, 0.6) is 0 Å². The molecule has 0 aliphatic carbocycles. The maximum absolute atomic E-state index is 11.5. The van der Waals surface area contributed by atoms with Gasteiger partial charge in [-0.05, 0) is 0 Å². The van der Waals surface area contributed by atoms with Crippen LogP contribution < -0.4 is 29.6 Å². The van der Waals surface area contributed by atoms with Crippen LogP contribution in [0.3, 0.4) is 0 Å². The molecule has 0 bridgehead atoms. The van der Waals surface area contributed by atoms with Gasteiger partial charge in [-0.15, -0.1) is 0 Å². The van der Waals surface area contributed by atoms with Gasteiger partial charge in [-0.1, -0.05) is 0 Å². The third-order valence-electron chi connectivity index (χ3n) is 4.50. The standard InChI is InChI=1S/C12H24O17P2.Na.H/c13-1-4-7(16)10(19)12(3-14,27-4)28-11-9(18)8(17)6(15)5(26-11)2-25-31(23,24)29-30(20,21)22;;/h4-11,13-19H,1-3H2,(H,23,24)(H2,20,21,22);;/q;+1;-1/t4-,5-,6-,7-,8+,9-,10+,11-,12+;;/m1../s1. The van der Waals surface area contributed by atoms with Crippen molar-refractivity contribution < 1.29 is 114 Å². The molecule has 2 fully saturated rings. The predicted octanol–water partition coefficient (Wildman–Crippen LogP) is -8.05. The van der Waals surface area contributed by atoms with E-state index in [2.05, 4.69) is 8.83 Å². The Kier molecular flexibility index (Phi) is 11.3. The number of aliphatic hydroxyl groups is 7. The van der Waals surface area contributed by atoms with Crippen molar-refractivity contribution in [2.24, 2.45) is 0 Å². The molecule has 186 valence electrons. The van der Waals surface area contributed by atoms with Crippen molar-refractivity contribution in [1.82, 2.24) is 0 Å². The Morgan fingerprint density at radius 1 is 0.906 bits per heavy atom. The summed E-state index contributed by atoms with van der Waals surface area (Å²) in [5, 5.41) is 68.8.